The first-order chi connectivity index (χ1) is 32.8. The number of fused-ring (bicyclic) bond motifs is 3. The minimum atomic E-state index is -4.49. The van der Waals surface area contributed by atoms with E-state index >= 15 is 0 Å². The lowest BCUT2D eigenvalue weighted by Gasteiger charge is -2.34. The van der Waals surface area contributed by atoms with Gasteiger partial charge in [0, 0.05) is 33.2 Å². The number of nitrogens with zero attached hydrogens (tertiary/aromatic N) is 4. The van der Waals surface area contributed by atoms with Crippen LogP contribution in [0, 0.1) is 6.92 Å². The van der Waals surface area contributed by atoms with Crippen molar-refractivity contribution in [2.45, 2.75) is 13.1 Å². The second-order valence-electron chi connectivity index (χ2n) is 16.8. The van der Waals surface area contributed by atoms with Crippen molar-refractivity contribution in [3.8, 4) is 51.0 Å². The number of aromatic nitrogens is 4. The lowest BCUT2D eigenvalue weighted by Crippen LogP contribution is -2.74. The highest BCUT2D eigenvalue weighted by Gasteiger charge is 2.41. The van der Waals surface area contributed by atoms with Gasteiger partial charge in [0.1, 0.15) is 0 Å². The molecular weight excluding hydrogens is 850 g/mol. The maximum atomic E-state index is 14.3. The van der Waals surface area contributed by atoms with E-state index in [2.05, 4.69) is 126 Å². The molecule has 0 saturated heterocycles. The third-order valence-corrected chi connectivity index (χ3v) is 17.5. The number of alkyl halides is 3. The Morgan fingerprint density at radius 1 is 0.388 bits per heavy atom. The van der Waals surface area contributed by atoms with E-state index in [1.165, 1.54) is 32.9 Å². The predicted molar refractivity (Wildman–Crippen MR) is 269 cm³/mol. The third-order valence-electron chi connectivity index (χ3n) is 12.7. The van der Waals surface area contributed by atoms with Crippen molar-refractivity contribution in [2.75, 3.05) is 0 Å². The largest absolute Gasteiger partial charge is 0.416 e. The van der Waals surface area contributed by atoms with Gasteiger partial charge in [0.25, 0.3) is 0 Å². The molecule has 0 saturated carbocycles. The number of benzene rings is 9. The van der Waals surface area contributed by atoms with Crippen LogP contribution in [-0.4, -0.2) is 27.6 Å². The van der Waals surface area contributed by atoms with E-state index in [1.807, 2.05) is 97.9 Å². The summed E-state index contributed by atoms with van der Waals surface area (Å²) < 4.78 is 44.9. The molecule has 0 amide bonds. The highest BCUT2D eigenvalue weighted by Crippen LogP contribution is 2.40. The van der Waals surface area contributed by atoms with Crippen LogP contribution in [0.2, 0.25) is 0 Å². The minimum absolute atomic E-state index is 0.491. The van der Waals surface area contributed by atoms with Gasteiger partial charge in [0.15, 0.2) is 25.5 Å². The first-order valence-corrected chi connectivity index (χ1v) is 24.2. The van der Waals surface area contributed by atoms with Gasteiger partial charge in [-0.15, -0.1) is 0 Å². The van der Waals surface area contributed by atoms with Crippen LogP contribution in [0.4, 0.5) is 13.2 Å². The zero-order chi connectivity index (χ0) is 45.5. The molecule has 11 rings (SSSR count). The van der Waals surface area contributed by atoms with Gasteiger partial charge in [-0.3, -0.25) is 0 Å². The minimum Gasteiger partial charge on any atom is -0.309 e. The highest BCUT2D eigenvalue weighted by molar-refractivity contribution is 7.19. The van der Waals surface area contributed by atoms with Crippen molar-refractivity contribution >= 4 is 50.6 Å². The van der Waals surface area contributed by atoms with Gasteiger partial charge in [-0.1, -0.05) is 188 Å². The monoisotopic (exact) mass is 890 g/mol. The van der Waals surface area contributed by atoms with Gasteiger partial charge < -0.3 is 4.57 Å². The summed E-state index contributed by atoms with van der Waals surface area (Å²) in [5.41, 5.74) is 6.80. The second-order valence-corrected chi connectivity index (χ2v) is 20.6. The Morgan fingerprint density at radius 2 is 0.851 bits per heavy atom. The second kappa shape index (κ2) is 17.0. The lowest BCUT2D eigenvalue weighted by molar-refractivity contribution is -0.137. The Morgan fingerprint density at radius 3 is 1.39 bits per heavy atom. The van der Waals surface area contributed by atoms with Crippen molar-refractivity contribution in [2.24, 2.45) is 0 Å². The van der Waals surface area contributed by atoms with Gasteiger partial charge in [-0.2, -0.15) is 13.2 Å². The fourth-order valence-electron chi connectivity index (χ4n) is 9.61. The van der Waals surface area contributed by atoms with Crippen LogP contribution in [0.3, 0.4) is 0 Å². The molecule has 2 aromatic heterocycles. The van der Waals surface area contributed by atoms with E-state index in [0.717, 1.165) is 50.0 Å². The van der Waals surface area contributed by atoms with Crippen molar-refractivity contribution < 1.29 is 13.2 Å². The van der Waals surface area contributed by atoms with Gasteiger partial charge in [0.05, 0.1) is 16.6 Å². The molecule has 0 aliphatic heterocycles. The van der Waals surface area contributed by atoms with Crippen molar-refractivity contribution in [1.29, 1.82) is 0 Å². The number of aryl methyl sites for hydroxylation is 1. The van der Waals surface area contributed by atoms with Crippen LogP contribution in [0.1, 0.15) is 11.1 Å². The van der Waals surface area contributed by atoms with Gasteiger partial charge in [-0.05, 0) is 87.3 Å². The van der Waals surface area contributed by atoms with Crippen molar-refractivity contribution in [1.82, 2.24) is 19.5 Å². The molecule has 4 nitrogen and oxygen atoms in total. The summed E-state index contributed by atoms with van der Waals surface area (Å²) in [4.78, 5) is 15.4. The number of halogens is 3. The van der Waals surface area contributed by atoms with E-state index in [4.69, 9.17) is 15.0 Å². The van der Waals surface area contributed by atoms with E-state index in [0.29, 0.717) is 28.4 Å². The Hall–Kier alpha value is -8.20. The average molecular weight is 891 g/mol. The summed E-state index contributed by atoms with van der Waals surface area (Å²) in [6.07, 6.45) is -4.49. The zero-order valence-corrected chi connectivity index (χ0v) is 37.4. The van der Waals surface area contributed by atoms with Crippen molar-refractivity contribution in [3.05, 3.63) is 242 Å². The van der Waals surface area contributed by atoms with Gasteiger partial charge >= 0.3 is 6.18 Å². The molecule has 9 aromatic carbocycles. The lowest BCUT2D eigenvalue weighted by atomic mass is 9.98. The van der Waals surface area contributed by atoms with Gasteiger partial charge in [0.2, 0.25) is 0 Å². The molecule has 0 aliphatic rings. The summed E-state index contributed by atoms with van der Waals surface area (Å²) in [6, 6.07) is 77.3. The molecule has 11 aromatic rings. The standard InChI is InChI=1S/C59H41F3N4Si/c1-40-30-34-54-52(36-40)53-38-44(59(60,61)62)31-35-55(53)66(54)45-32-33-50(58-64-56(41-18-7-2-8-19-41)63-57(65-58)42-20-9-3-10-21-42)51(39-45)43-22-17-29-49(37-43)67(46-23-11-4-12-24-46,47-25-13-5-14-26-47)48-27-15-6-16-28-48/h2-39H,1H3. The normalized spacial score (nSPS) is 11.9. The Balaban J connectivity index is 1.21. The summed E-state index contributed by atoms with van der Waals surface area (Å²) >= 11 is 0. The molecule has 0 bridgehead atoms. The van der Waals surface area contributed by atoms with E-state index < -0.39 is 19.8 Å². The van der Waals surface area contributed by atoms with Crippen LogP contribution in [0.15, 0.2) is 231 Å². The molecule has 0 N–H and O–H groups in total. The molecule has 0 fully saturated rings. The number of hydrogen-bond donors (Lipinski definition) is 0. The first kappa shape index (κ1) is 41.5. The molecule has 8 heteroatoms. The number of hydrogen-bond acceptors (Lipinski definition) is 3. The first-order valence-electron chi connectivity index (χ1n) is 22.2. The quantitative estimate of drug-likeness (QED) is 0.107. The Labute approximate surface area is 387 Å². The van der Waals surface area contributed by atoms with E-state index in [-0.39, 0.29) is 0 Å². The van der Waals surface area contributed by atoms with E-state index in [9.17, 15) is 13.2 Å². The van der Waals surface area contributed by atoms with Crippen molar-refractivity contribution in [3.63, 3.8) is 0 Å². The predicted octanol–water partition coefficient (Wildman–Crippen LogP) is 12.3. The molecule has 0 spiro atoms. The summed E-state index contributed by atoms with van der Waals surface area (Å²) in [5.74, 6) is 1.57. The van der Waals surface area contributed by atoms with Crippen LogP contribution >= 0.6 is 0 Å². The average Bonchev–Trinajstić information content (AvgIpc) is 3.70. The molecule has 0 radical (unpaired) electrons. The van der Waals surface area contributed by atoms with Crippen LogP contribution < -0.4 is 20.7 Å². The summed E-state index contributed by atoms with van der Waals surface area (Å²) in [5, 5.41) is 6.19. The molecule has 0 unspecified atom stereocenters. The molecule has 322 valence electrons. The smallest absolute Gasteiger partial charge is 0.309 e. The zero-order valence-electron chi connectivity index (χ0n) is 36.4. The maximum Gasteiger partial charge on any atom is 0.416 e. The van der Waals surface area contributed by atoms with Crippen LogP contribution in [-0.2, 0) is 6.18 Å². The topological polar surface area (TPSA) is 43.6 Å². The number of rotatable bonds is 9. The summed E-state index contributed by atoms with van der Waals surface area (Å²) in [6.45, 7) is 1.96. The SMILES string of the molecule is Cc1ccc2c(c1)c1cc(C(F)(F)F)ccc1n2-c1ccc(-c2nc(-c3ccccc3)nc(-c3ccccc3)n2)c(-c2cccc([Si](c3ccccc3)(c3ccccc3)c3ccccc3)c2)c1. The fraction of sp³-hybridized carbons (Fsp3) is 0.0339. The molecular formula is C59H41F3N4Si. The molecule has 67 heavy (non-hydrogen) atoms. The molecule has 0 atom stereocenters. The van der Waals surface area contributed by atoms with E-state index in [1.54, 1.807) is 6.07 Å². The molecule has 2 heterocycles. The summed E-state index contributed by atoms with van der Waals surface area (Å²) in [7, 11) is -2.97. The third kappa shape index (κ3) is 7.51. The Bertz CT molecular complexity index is 3410. The van der Waals surface area contributed by atoms with Crippen LogP contribution in [0.5, 0.6) is 0 Å². The maximum absolute atomic E-state index is 14.3. The Kier molecular flexibility index (Phi) is 10.5. The van der Waals surface area contributed by atoms with Crippen LogP contribution in [0.25, 0.3) is 72.8 Å². The highest BCUT2D eigenvalue weighted by atomic mass is 28.3. The fourth-order valence-corrected chi connectivity index (χ4v) is 14.4. The molecule has 0 aliphatic carbocycles. The van der Waals surface area contributed by atoms with Gasteiger partial charge in [-0.25, -0.2) is 15.0 Å².